The lowest BCUT2D eigenvalue weighted by Crippen LogP contribution is -2.41. The van der Waals surface area contributed by atoms with Crippen LogP contribution in [-0.4, -0.2) is 49.8 Å². The highest BCUT2D eigenvalue weighted by molar-refractivity contribution is 7.99. The van der Waals surface area contributed by atoms with E-state index in [1.807, 2.05) is 30.0 Å². The predicted octanol–water partition coefficient (Wildman–Crippen LogP) is 1.21. The summed E-state index contributed by atoms with van der Waals surface area (Å²) in [4.78, 5) is 11.9. The number of hydrogen-bond acceptors (Lipinski definition) is 5. The van der Waals surface area contributed by atoms with Gasteiger partial charge in [-0.1, -0.05) is 6.07 Å². The van der Waals surface area contributed by atoms with Crippen LogP contribution in [0.5, 0.6) is 11.5 Å². The highest BCUT2D eigenvalue weighted by atomic mass is 32.2. The van der Waals surface area contributed by atoms with Crippen molar-refractivity contribution in [3.63, 3.8) is 0 Å². The van der Waals surface area contributed by atoms with Crippen molar-refractivity contribution < 1.29 is 14.3 Å². The molecule has 0 aromatic heterocycles. The molecule has 22 heavy (non-hydrogen) atoms. The Hall–Kier alpha value is -1.40. The lowest BCUT2D eigenvalue weighted by atomic mass is 10.1. The largest absolute Gasteiger partial charge is 0.486 e. The van der Waals surface area contributed by atoms with Crippen LogP contribution in [0.4, 0.5) is 0 Å². The summed E-state index contributed by atoms with van der Waals surface area (Å²) < 4.78 is 11.1. The molecule has 2 N–H and O–H groups in total. The van der Waals surface area contributed by atoms with E-state index in [1.165, 1.54) is 0 Å². The fourth-order valence-corrected chi connectivity index (χ4v) is 3.59. The lowest BCUT2D eigenvalue weighted by Gasteiger charge is -2.22. The maximum absolute atomic E-state index is 11.9. The Morgan fingerprint density at radius 3 is 3.00 bits per heavy atom. The van der Waals surface area contributed by atoms with Crippen LogP contribution in [0.25, 0.3) is 0 Å². The summed E-state index contributed by atoms with van der Waals surface area (Å²) in [6.07, 6.45) is 1.36. The smallest absolute Gasteiger partial charge is 0.221 e. The first-order valence-electron chi connectivity index (χ1n) is 7.77. The van der Waals surface area contributed by atoms with E-state index in [-0.39, 0.29) is 5.91 Å². The van der Waals surface area contributed by atoms with Crippen molar-refractivity contribution in [2.45, 2.75) is 18.9 Å². The van der Waals surface area contributed by atoms with E-state index in [2.05, 4.69) is 10.6 Å². The van der Waals surface area contributed by atoms with Gasteiger partial charge < -0.3 is 20.1 Å². The minimum absolute atomic E-state index is 0.123. The third-order valence-electron chi connectivity index (χ3n) is 3.77. The Kier molecular flexibility index (Phi) is 5.45. The second-order valence-electron chi connectivity index (χ2n) is 5.51. The average molecular weight is 322 g/mol. The van der Waals surface area contributed by atoms with Crippen LogP contribution in [-0.2, 0) is 11.2 Å². The monoisotopic (exact) mass is 322 g/mol. The van der Waals surface area contributed by atoms with E-state index >= 15 is 0 Å². The SMILES string of the molecule is O=C(CC1CSCCN1)NCCc1ccc2c(c1)OCCO2. The Morgan fingerprint density at radius 2 is 2.18 bits per heavy atom. The van der Waals surface area contributed by atoms with Crippen molar-refractivity contribution >= 4 is 17.7 Å². The number of hydrogen-bond donors (Lipinski definition) is 2. The molecule has 6 heteroatoms. The van der Waals surface area contributed by atoms with Crippen LogP contribution < -0.4 is 20.1 Å². The molecule has 2 aliphatic rings. The molecule has 2 aliphatic heterocycles. The van der Waals surface area contributed by atoms with E-state index in [9.17, 15) is 4.79 Å². The number of benzene rings is 1. The molecule has 0 spiro atoms. The number of carbonyl (C=O) groups is 1. The molecule has 1 amide bonds. The number of thioether (sulfide) groups is 1. The fourth-order valence-electron chi connectivity index (χ4n) is 2.64. The molecule has 120 valence electrons. The van der Waals surface area contributed by atoms with Gasteiger partial charge in [0.2, 0.25) is 5.91 Å². The number of ether oxygens (including phenoxy) is 2. The van der Waals surface area contributed by atoms with Crippen LogP contribution in [0.3, 0.4) is 0 Å². The third-order valence-corrected chi connectivity index (χ3v) is 4.90. The molecular weight excluding hydrogens is 300 g/mol. The molecule has 3 rings (SSSR count). The summed E-state index contributed by atoms with van der Waals surface area (Å²) >= 11 is 1.91. The normalized spacial score (nSPS) is 20.5. The number of fused-ring (bicyclic) bond motifs is 1. The Balaban J connectivity index is 1.41. The predicted molar refractivity (Wildman–Crippen MR) is 87.9 cm³/mol. The first kappa shape index (κ1) is 15.5. The van der Waals surface area contributed by atoms with Crippen LogP contribution in [0, 0.1) is 0 Å². The summed E-state index contributed by atoms with van der Waals surface area (Å²) in [5.74, 6) is 3.90. The van der Waals surface area contributed by atoms with Crippen LogP contribution in [0.15, 0.2) is 18.2 Å². The van der Waals surface area contributed by atoms with E-state index in [0.29, 0.717) is 32.2 Å². The van der Waals surface area contributed by atoms with Crippen molar-refractivity contribution in [3.8, 4) is 11.5 Å². The molecule has 2 heterocycles. The Morgan fingerprint density at radius 1 is 1.32 bits per heavy atom. The van der Waals surface area contributed by atoms with E-state index < -0.39 is 0 Å². The molecule has 5 nitrogen and oxygen atoms in total. The van der Waals surface area contributed by atoms with Gasteiger partial charge in [0, 0.05) is 37.1 Å². The van der Waals surface area contributed by atoms with Gasteiger partial charge in [-0.25, -0.2) is 0 Å². The molecule has 0 bridgehead atoms. The summed E-state index contributed by atoms with van der Waals surface area (Å²) in [5, 5.41) is 6.38. The van der Waals surface area contributed by atoms with Gasteiger partial charge in [0.25, 0.3) is 0 Å². The maximum atomic E-state index is 11.9. The molecule has 1 unspecified atom stereocenters. The summed E-state index contributed by atoms with van der Waals surface area (Å²) in [6.45, 7) is 2.85. The molecule has 0 saturated carbocycles. The lowest BCUT2D eigenvalue weighted by molar-refractivity contribution is -0.121. The van der Waals surface area contributed by atoms with Crippen molar-refractivity contribution in [3.05, 3.63) is 23.8 Å². The average Bonchev–Trinajstić information content (AvgIpc) is 2.55. The van der Waals surface area contributed by atoms with Crippen molar-refractivity contribution in [1.29, 1.82) is 0 Å². The van der Waals surface area contributed by atoms with Gasteiger partial charge >= 0.3 is 0 Å². The van der Waals surface area contributed by atoms with Crippen molar-refractivity contribution in [2.24, 2.45) is 0 Å². The zero-order valence-corrected chi connectivity index (χ0v) is 13.4. The molecule has 1 atom stereocenters. The topological polar surface area (TPSA) is 59.6 Å². The second kappa shape index (κ2) is 7.74. The number of amides is 1. The quantitative estimate of drug-likeness (QED) is 0.853. The highest BCUT2D eigenvalue weighted by Crippen LogP contribution is 2.30. The first-order chi connectivity index (χ1) is 10.8. The van der Waals surface area contributed by atoms with Gasteiger partial charge in [0.1, 0.15) is 13.2 Å². The molecule has 0 aliphatic carbocycles. The molecular formula is C16H22N2O3S. The minimum atomic E-state index is 0.123. The molecule has 1 saturated heterocycles. The number of carbonyl (C=O) groups excluding carboxylic acids is 1. The number of nitrogens with one attached hydrogen (secondary N) is 2. The van der Waals surface area contributed by atoms with Gasteiger partial charge in [-0.15, -0.1) is 0 Å². The summed E-state index contributed by atoms with van der Waals surface area (Å²) in [5.41, 5.74) is 1.15. The zero-order chi connectivity index (χ0) is 15.2. The van der Waals surface area contributed by atoms with Gasteiger partial charge in [-0.2, -0.15) is 11.8 Å². The van der Waals surface area contributed by atoms with E-state index in [0.717, 1.165) is 41.5 Å². The van der Waals surface area contributed by atoms with Crippen LogP contribution >= 0.6 is 11.8 Å². The van der Waals surface area contributed by atoms with Crippen molar-refractivity contribution in [2.75, 3.05) is 37.8 Å². The van der Waals surface area contributed by atoms with Crippen LogP contribution in [0.1, 0.15) is 12.0 Å². The summed E-state index contributed by atoms with van der Waals surface area (Å²) in [6, 6.07) is 6.28. The second-order valence-corrected chi connectivity index (χ2v) is 6.66. The molecule has 1 aromatic rings. The standard InChI is InChI=1S/C16H22N2O3S/c19-16(10-13-11-22-8-5-17-13)18-4-3-12-1-2-14-15(9-12)21-7-6-20-14/h1-2,9,13,17H,3-8,10-11H2,(H,18,19). The van der Waals surface area contributed by atoms with E-state index in [4.69, 9.17) is 9.47 Å². The number of rotatable bonds is 5. The fraction of sp³-hybridized carbons (Fsp3) is 0.562. The Bertz CT molecular complexity index is 518. The van der Waals surface area contributed by atoms with Gasteiger partial charge in [-0.3, -0.25) is 4.79 Å². The molecule has 1 fully saturated rings. The van der Waals surface area contributed by atoms with Crippen molar-refractivity contribution in [1.82, 2.24) is 10.6 Å². The maximum Gasteiger partial charge on any atom is 0.221 e. The van der Waals surface area contributed by atoms with Gasteiger partial charge in [-0.05, 0) is 24.1 Å². The minimum Gasteiger partial charge on any atom is -0.486 e. The Labute approximate surface area is 135 Å². The van der Waals surface area contributed by atoms with E-state index in [1.54, 1.807) is 0 Å². The molecule has 0 radical (unpaired) electrons. The summed E-state index contributed by atoms with van der Waals surface area (Å²) in [7, 11) is 0. The van der Waals surface area contributed by atoms with Crippen LogP contribution in [0.2, 0.25) is 0 Å². The zero-order valence-electron chi connectivity index (χ0n) is 12.6. The van der Waals surface area contributed by atoms with Gasteiger partial charge in [0.05, 0.1) is 0 Å². The molecule has 1 aromatic carbocycles. The van der Waals surface area contributed by atoms with Gasteiger partial charge in [0.15, 0.2) is 11.5 Å². The third kappa shape index (κ3) is 4.30. The highest BCUT2D eigenvalue weighted by Gasteiger charge is 2.16. The first-order valence-corrected chi connectivity index (χ1v) is 8.93.